The molecule has 2 N–H and O–H groups in total. The fourth-order valence-corrected chi connectivity index (χ4v) is 3.34. The second kappa shape index (κ2) is 6.94. The van der Waals surface area contributed by atoms with E-state index in [2.05, 4.69) is 29.4 Å². The van der Waals surface area contributed by atoms with Gasteiger partial charge in [-0.15, -0.1) is 0 Å². The molecule has 138 valence electrons. The number of aromatic nitrogens is 2. The van der Waals surface area contributed by atoms with Crippen molar-refractivity contribution in [2.75, 3.05) is 11.9 Å². The highest BCUT2D eigenvalue weighted by Crippen LogP contribution is 2.29. The average molecular weight is 354 g/mol. The lowest BCUT2D eigenvalue weighted by Gasteiger charge is -2.29. The number of urea groups is 1. The van der Waals surface area contributed by atoms with Crippen LogP contribution in [0.15, 0.2) is 30.5 Å². The van der Waals surface area contributed by atoms with Gasteiger partial charge in [0.15, 0.2) is 5.78 Å². The van der Waals surface area contributed by atoms with E-state index in [1.807, 2.05) is 18.7 Å². The summed E-state index contributed by atoms with van der Waals surface area (Å²) in [5.74, 6) is 0.0589. The molecule has 0 saturated carbocycles. The molecule has 0 aliphatic carbocycles. The Morgan fingerprint density at radius 2 is 1.92 bits per heavy atom. The van der Waals surface area contributed by atoms with Gasteiger partial charge in [-0.2, -0.15) is 5.10 Å². The molecule has 2 heterocycles. The number of nitrogens with zero attached hydrogens (tertiary/aromatic N) is 2. The van der Waals surface area contributed by atoms with Crippen LogP contribution >= 0.6 is 0 Å². The first kappa shape index (κ1) is 18.2. The summed E-state index contributed by atoms with van der Waals surface area (Å²) in [7, 11) is 0. The highest BCUT2D eigenvalue weighted by molar-refractivity contribution is 5.98. The van der Waals surface area contributed by atoms with Crippen LogP contribution in [0.4, 0.5) is 10.5 Å². The summed E-state index contributed by atoms with van der Waals surface area (Å²) >= 11 is 0. The number of Topliss-reactive ketones (excluding diaryl/α,β-unsaturated/α-hetero) is 1. The van der Waals surface area contributed by atoms with Crippen molar-refractivity contribution in [3.63, 3.8) is 0 Å². The summed E-state index contributed by atoms with van der Waals surface area (Å²) in [5, 5.41) is 10.1. The van der Waals surface area contributed by atoms with Gasteiger partial charge >= 0.3 is 6.03 Å². The number of anilines is 1. The Bertz CT molecular complexity index is 805. The predicted molar refractivity (Wildman–Crippen MR) is 101 cm³/mol. The highest BCUT2D eigenvalue weighted by Gasteiger charge is 2.31. The minimum atomic E-state index is -0.143. The smallest absolute Gasteiger partial charge is 0.320 e. The molecule has 0 saturated heterocycles. The van der Waals surface area contributed by atoms with Crippen LogP contribution in [0.2, 0.25) is 0 Å². The standard InChI is InChI=1S/C20H26N4O2/c1-13(2)18(25)14-5-7-16(8-6-14)22-19(26)24-11-15-10-21-23-17(15)9-20(3,4)12-24/h5-8,10,13H,9,11-12H2,1-4H3,(H,21,23)(H,22,26). The first-order valence-corrected chi connectivity index (χ1v) is 8.96. The molecule has 2 amide bonds. The summed E-state index contributed by atoms with van der Waals surface area (Å²) in [6, 6.07) is 6.94. The SMILES string of the molecule is CC(C)C(=O)c1ccc(NC(=O)N2Cc3cn[nH]c3CC(C)(C)C2)cc1. The van der Waals surface area contributed by atoms with Gasteiger partial charge in [-0.25, -0.2) is 4.79 Å². The number of hydrogen-bond acceptors (Lipinski definition) is 3. The Kier molecular flexibility index (Phi) is 4.85. The van der Waals surface area contributed by atoms with Gasteiger partial charge in [0, 0.05) is 35.0 Å². The monoisotopic (exact) mass is 354 g/mol. The second-order valence-corrected chi connectivity index (χ2v) is 8.10. The fraction of sp³-hybridized carbons (Fsp3) is 0.450. The van der Waals surface area contributed by atoms with Crippen LogP contribution in [-0.2, 0) is 13.0 Å². The van der Waals surface area contributed by atoms with Gasteiger partial charge in [0.2, 0.25) is 0 Å². The van der Waals surface area contributed by atoms with E-state index in [0.717, 1.165) is 17.7 Å². The van der Waals surface area contributed by atoms with E-state index >= 15 is 0 Å². The number of carbonyl (C=O) groups excluding carboxylic acids is 2. The highest BCUT2D eigenvalue weighted by atomic mass is 16.2. The quantitative estimate of drug-likeness (QED) is 0.822. The van der Waals surface area contributed by atoms with Gasteiger partial charge in [-0.3, -0.25) is 9.89 Å². The van der Waals surface area contributed by atoms with Crippen LogP contribution in [0.25, 0.3) is 0 Å². The number of benzene rings is 1. The second-order valence-electron chi connectivity index (χ2n) is 8.10. The van der Waals surface area contributed by atoms with Crippen molar-refractivity contribution in [3.05, 3.63) is 47.3 Å². The molecule has 6 nitrogen and oxygen atoms in total. The average Bonchev–Trinajstić information content (AvgIpc) is 2.94. The number of aromatic amines is 1. The molecule has 1 aromatic carbocycles. The van der Waals surface area contributed by atoms with Crippen molar-refractivity contribution in [1.82, 2.24) is 15.1 Å². The molecule has 1 aliphatic rings. The van der Waals surface area contributed by atoms with E-state index in [4.69, 9.17) is 0 Å². The van der Waals surface area contributed by atoms with Gasteiger partial charge in [0.25, 0.3) is 0 Å². The maximum Gasteiger partial charge on any atom is 0.322 e. The third-order valence-electron chi connectivity index (χ3n) is 4.68. The molecule has 1 aliphatic heterocycles. The Morgan fingerprint density at radius 3 is 2.58 bits per heavy atom. The van der Waals surface area contributed by atoms with Crippen LogP contribution in [0.1, 0.15) is 49.3 Å². The van der Waals surface area contributed by atoms with Crippen LogP contribution in [0, 0.1) is 11.3 Å². The minimum absolute atomic E-state index is 0.0390. The number of H-pyrrole nitrogens is 1. The van der Waals surface area contributed by atoms with Gasteiger partial charge in [-0.05, 0) is 36.1 Å². The number of nitrogens with one attached hydrogen (secondary N) is 2. The van der Waals surface area contributed by atoms with Gasteiger partial charge in [0.05, 0.1) is 12.7 Å². The molecule has 0 atom stereocenters. The Balaban J connectivity index is 1.72. The lowest BCUT2D eigenvalue weighted by molar-refractivity contribution is 0.0939. The third kappa shape index (κ3) is 3.95. The van der Waals surface area contributed by atoms with Crippen LogP contribution in [-0.4, -0.2) is 33.5 Å². The predicted octanol–water partition coefficient (Wildman–Crippen LogP) is 3.86. The molecule has 0 fully saturated rings. The summed E-state index contributed by atoms with van der Waals surface area (Å²) in [6.45, 7) is 9.24. The van der Waals surface area contributed by atoms with Gasteiger partial charge in [-0.1, -0.05) is 27.7 Å². The topological polar surface area (TPSA) is 78.1 Å². The number of hydrogen-bond donors (Lipinski definition) is 2. The molecule has 0 bridgehead atoms. The van der Waals surface area contributed by atoms with E-state index in [0.29, 0.717) is 24.3 Å². The molecular weight excluding hydrogens is 328 g/mol. The summed E-state index contributed by atoms with van der Waals surface area (Å²) in [5.41, 5.74) is 3.47. The molecule has 3 rings (SSSR count). The molecule has 0 unspecified atom stereocenters. The maximum atomic E-state index is 12.8. The molecular formula is C20H26N4O2. The maximum absolute atomic E-state index is 12.8. The first-order chi connectivity index (χ1) is 12.2. The van der Waals surface area contributed by atoms with Crippen molar-refractivity contribution >= 4 is 17.5 Å². The van der Waals surface area contributed by atoms with Gasteiger partial charge in [0.1, 0.15) is 0 Å². The molecule has 26 heavy (non-hydrogen) atoms. The Labute approximate surface area is 154 Å². The van der Waals surface area contributed by atoms with E-state index in [-0.39, 0.29) is 23.1 Å². The zero-order valence-electron chi connectivity index (χ0n) is 15.8. The van der Waals surface area contributed by atoms with Crippen molar-refractivity contribution in [2.45, 2.75) is 40.7 Å². The zero-order valence-corrected chi connectivity index (χ0v) is 15.8. The fourth-order valence-electron chi connectivity index (χ4n) is 3.34. The van der Waals surface area contributed by atoms with Crippen LogP contribution in [0.3, 0.4) is 0 Å². The molecule has 0 radical (unpaired) electrons. The van der Waals surface area contributed by atoms with Crippen LogP contribution < -0.4 is 5.32 Å². The zero-order chi connectivity index (χ0) is 18.9. The number of rotatable bonds is 3. The van der Waals surface area contributed by atoms with Crippen molar-refractivity contribution in [2.24, 2.45) is 11.3 Å². The largest absolute Gasteiger partial charge is 0.322 e. The third-order valence-corrected chi connectivity index (χ3v) is 4.68. The van der Waals surface area contributed by atoms with Gasteiger partial charge < -0.3 is 10.2 Å². The van der Waals surface area contributed by atoms with Crippen LogP contribution in [0.5, 0.6) is 0 Å². The number of ketones is 1. The summed E-state index contributed by atoms with van der Waals surface area (Å²) in [6.07, 6.45) is 2.65. The van der Waals surface area contributed by atoms with Crippen molar-refractivity contribution in [1.29, 1.82) is 0 Å². The molecule has 1 aromatic heterocycles. The summed E-state index contributed by atoms with van der Waals surface area (Å²) < 4.78 is 0. The van der Waals surface area contributed by atoms with Crippen molar-refractivity contribution < 1.29 is 9.59 Å². The van der Waals surface area contributed by atoms with E-state index in [9.17, 15) is 9.59 Å². The molecule has 0 spiro atoms. The molecule has 2 aromatic rings. The number of fused-ring (bicyclic) bond motifs is 1. The normalized spacial score (nSPS) is 16.1. The van der Waals surface area contributed by atoms with E-state index < -0.39 is 0 Å². The van der Waals surface area contributed by atoms with E-state index in [1.165, 1.54) is 0 Å². The van der Waals surface area contributed by atoms with E-state index in [1.54, 1.807) is 30.5 Å². The molecule has 6 heteroatoms. The first-order valence-electron chi connectivity index (χ1n) is 8.96. The Morgan fingerprint density at radius 1 is 1.23 bits per heavy atom. The lowest BCUT2D eigenvalue weighted by Crippen LogP contribution is -2.40. The summed E-state index contributed by atoms with van der Waals surface area (Å²) in [4.78, 5) is 26.6. The minimum Gasteiger partial charge on any atom is -0.320 e. The number of carbonyl (C=O) groups is 2. The van der Waals surface area contributed by atoms with Crippen molar-refractivity contribution in [3.8, 4) is 0 Å². The lowest BCUT2D eigenvalue weighted by atomic mass is 9.88. The Hall–Kier alpha value is -2.63. The number of amides is 2.